The molecule has 9 heteroatoms. The number of pyridine rings is 1. The van der Waals surface area contributed by atoms with Crippen molar-refractivity contribution < 1.29 is 9.32 Å². The summed E-state index contributed by atoms with van der Waals surface area (Å²) in [5.74, 6) is 1.68. The molecule has 3 rings (SSSR count). The summed E-state index contributed by atoms with van der Waals surface area (Å²) in [5, 5.41) is 8.18. The highest BCUT2D eigenvalue weighted by Gasteiger charge is 2.25. The van der Waals surface area contributed by atoms with Crippen LogP contribution < -0.4 is 5.32 Å². The van der Waals surface area contributed by atoms with E-state index in [0.29, 0.717) is 27.5 Å². The molecule has 1 atom stereocenters. The molecule has 0 bridgehead atoms. The summed E-state index contributed by atoms with van der Waals surface area (Å²) in [5.41, 5.74) is 1.69. The van der Waals surface area contributed by atoms with E-state index in [-0.39, 0.29) is 23.6 Å². The van der Waals surface area contributed by atoms with Crippen molar-refractivity contribution >= 4 is 40.9 Å². The van der Waals surface area contributed by atoms with Gasteiger partial charge in [0, 0.05) is 33.8 Å². The van der Waals surface area contributed by atoms with Crippen molar-refractivity contribution in [2.24, 2.45) is 5.92 Å². The molecule has 1 amide bonds. The number of hydrogen-bond donors (Lipinski definition) is 1. The molecule has 0 saturated carbocycles. The van der Waals surface area contributed by atoms with Crippen LogP contribution >= 0.6 is 35.0 Å². The Morgan fingerprint density at radius 1 is 1.28 bits per heavy atom. The number of thioether (sulfide) groups is 1. The van der Waals surface area contributed by atoms with Gasteiger partial charge < -0.3 is 9.84 Å². The SMILES string of the molecule is CC(C)C(NC(=O)CSCc1ccc(Cl)cc1Cl)c1nc(-c2cccnc2)no1. The standard InChI is InChI=1S/C20H20Cl2N4O2S/c1-12(2)18(20-25-19(26-28-20)13-4-3-7-23-9-13)24-17(27)11-29-10-14-5-6-15(21)8-16(14)22/h3-9,12,18H,10-11H2,1-2H3,(H,24,27). The molecule has 0 radical (unpaired) electrons. The second-order valence-corrected chi connectivity index (χ2v) is 8.54. The maximum Gasteiger partial charge on any atom is 0.249 e. The number of rotatable bonds is 8. The smallest absolute Gasteiger partial charge is 0.249 e. The van der Waals surface area contributed by atoms with Gasteiger partial charge in [-0.05, 0) is 35.7 Å². The fourth-order valence-corrected chi connectivity index (χ4v) is 3.99. The molecule has 29 heavy (non-hydrogen) atoms. The number of aromatic nitrogens is 3. The zero-order valence-corrected chi connectivity index (χ0v) is 18.3. The fraction of sp³-hybridized carbons (Fsp3) is 0.300. The molecular weight excluding hydrogens is 431 g/mol. The normalized spacial score (nSPS) is 12.2. The zero-order valence-electron chi connectivity index (χ0n) is 15.9. The average molecular weight is 451 g/mol. The van der Waals surface area contributed by atoms with Crippen molar-refractivity contribution in [2.75, 3.05) is 5.75 Å². The Kier molecular flexibility index (Phi) is 7.52. The van der Waals surface area contributed by atoms with Crippen LogP contribution in [0.3, 0.4) is 0 Å². The minimum absolute atomic E-state index is 0.0804. The van der Waals surface area contributed by atoms with Crippen molar-refractivity contribution in [3.05, 3.63) is 64.2 Å². The molecule has 0 aliphatic heterocycles. The summed E-state index contributed by atoms with van der Waals surface area (Å²) in [6.45, 7) is 3.97. The highest BCUT2D eigenvalue weighted by atomic mass is 35.5. The van der Waals surface area contributed by atoms with Crippen LogP contribution in [0.15, 0.2) is 47.2 Å². The van der Waals surface area contributed by atoms with Crippen LogP contribution in [0.25, 0.3) is 11.4 Å². The van der Waals surface area contributed by atoms with Crippen LogP contribution in [0.2, 0.25) is 10.0 Å². The summed E-state index contributed by atoms with van der Waals surface area (Å²) < 4.78 is 5.40. The van der Waals surface area contributed by atoms with Crippen molar-refractivity contribution in [1.29, 1.82) is 0 Å². The van der Waals surface area contributed by atoms with Crippen LogP contribution in [-0.4, -0.2) is 26.8 Å². The van der Waals surface area contributed by atoms with E-state index in [1.807, 2.05) is 26.0 Å². The van der Waals surface area contributed by atoms with Crippen LogP contribution in [0.4, 0.5) is 0 Å². The average Bonchev–Trinajstić information content (AvgIpc) is 3.18. The second-order valence-electron chi connectivity index (χ2n) is 6.72. The third kappa shape index (κ3) is 5.95. The van der Waals surface area contributed by atoms with Gasteiger partial charge in [-0.2, -0.15) is 4.98 Å². The Labute approximate surface area is 183 Å². The molecular formula is C20H20Cl2N4O2S. The molecule has 0 fully saturated rings. The number of carbonyl (C=O) groups excluding carboxylic acids is 1. The predicted octanol–water partition coefficient (Wildman–Crippen LogP) is 5.19. The van der Waals surface area contributed by atoms with Crippen LogP contribution in [-0.2, 0) is 10.5 Å². The summed E-state index contributed by atoms with van der Waals surface area (Å²) in [7, 11) is 0. The highest BCUT2D eigenvalue weighted by molar-refractivity contribution is 7.99. The van der Waals surface area contributed by atoms with Gasteiger partial charge in [-0.15, -0.1) is 11.8 Å². The molecule has 1 unspecified atom stereocenters. The Balaban J connectivity index is 1.59. The quantitative estimate of drug-likeness (QED) is 0.508. The first kappa shape index (κ1) is 21.6. The van der Waals surface area contributed by atoms with Gasteiger partial charge in [0.15, 0.2) is 0 Å². The molecule has 152 valence electrons. The number of halogens is 2. The molecule has 0 spiro atoms. The van der Waals surface area contributed by atoms with Crippen LogP contribution in [0.1, 0.15) is 31.3 Å². The first-order valence-electron chi connectivity index (χ1n) is 8.99. The first-order chi connectivity index (χ1) is 13.9. The Morgan fingerprint density at radius 2 is 2.10 bits per heavy atom. The fourth-order valence-electron chi connectivity index (χ4n) is 2.59. The highest BCUT2D eigenvalue weighted by Crippen LogP contribution is 2.26. The second kappa shape index (κ2) is 10.1. The van der Waals surface area contributed by atoms with E-state index >= 15 is 0 Å². The number of amides is 1. The minimum atomic E-state index is -0.375. The van der Waals surface area contributed by atoms with Crippen LogP contribution in [0, 0.1) is 5.92 Å². The molecule has 0 aliphatic rings. The predicted molar refractivity (Wildman–Crippen MR) is 116 cm³/mol. The Bertz CT molecular complexity index is 966. The number of nitrogens with zero attached hydrogens (tertiary/aromatic N) is 3. The summed E-state index contributed by atoms with van der Waals surface area (Å²) >= 11 is 13.6. The van der Waals surface area contributed by atoms with Gasteiger partial charge in [-0.1, -0.05) is 48.3 Å². The van der Waals surface area contributed by atoms with Gasteiger partial charge in [0.2, 0.25) is 17.6 Å². The lowest BCUT2D eigenvalue weighted by atomic mass is 10.0. The largest absolute Gasteiger partial charge is 0.343 e. The number of nitrogens with one attached hydrogen (secondary N) is 1. The summed E-state index contributed by atoms with van der Waals surface area (Å²) in [6, 6.07) is 8.63. The summed E-state index contributed by atoms with van der Waals surface area (Å²) in [4.78, 5) is 20.9. The van der Waals surface area contributed by atoms with Gasteiger partial charge in [0.25, 0.3) is 0 Å². The molecule has 1 N–H and O–H groups in total. The molecule has 2 aromatic heterocycles. The van der Waals surface area contributed by atoms with Crippen molar-refractivity contribution in [2.45, 2.75) is 25.6 Å². The van der Waals surface area contributed by atoms with Crippen molar-refractivity contribution in [1.82, 2.24) is 20.4 Å². The lowest BCUT2D eigenvalue weighted by Gasteiger charge is -2.18. The lowest BCUT2D eigenvalue weighted by molar-refractivity contribution is -0.119. The third-order valence-electron chi connectivity index (χ3n) is 4.12. The monoisotopic (exact) mass is 450 g/mol. The van der Waals surface area contributed by atoms with E-state index in [1.165, 1.54) is 11.8 Å². The summed E-state index contributed by atoms with van der Waals surface area (Å²) in [6.07, 6.45) is 3.34. The van der Waals surface area contributed by atoms with E-state index in [1.54, 1.807) is 30.6 Å². The Morgan fingerprint density at radius 3 is 2.79 bits per heavy atom. The van der Waals surface area contributed by atoms with Crippen molar-refractivity contribution in [3.8, 4) is 11.4 Å². The third-order valence-corrected chi connectivity index (χ3v) is 5.68. The van der Waals surface area contributed by atoms with Gasteiger partial charge in [-0.25, -0.2) is 0 Å². The zero-order chi connectivity index (χ0) is 20.8. The van der Waals surface area contributed by atoms with E-state index in [0.717, 1.165) is 11.1 Å². The number of benzene rings is 1. The van der Waals surface area contributed by atoms with E-state index in [9.17, 15) is 4.79 Å². The van der Waals surface area contributed by atoms with Gasteiger partial charge in [-0.3, -0.25) is 9.78 Å². The van der Waals surface area contributed by atoms with E-state index < -0.39 is 0 Å². The molecule has 1 aromatic carbocycles. The molecule has 0 aliphatic carbocycles. The van der Waals surface area contributed by atoms with Crippen molar-refractivity contribution in [3.63, 3.8) is 0 Å². The first-order valence-corrected chi connectivity index (χ1v) is 10.9. The van der Waals surface area contributed by atoms with E-state index in [4.69, 9.17) is 27.7 Å². The number of hydrogen-bond acceptors (Lipinski definition) is 6. The van der Waals surface area contributed by atoms with Crippen LogP contribution in [0.5, 0.6) is 0 Å². The number of carbonyl (C=O) groups is 1. The Hall–Kier alpha value is -2.09. The van der Waals surface area contributed by atoms with Gasteiger partial charge in [0.05, 0.1) is 5.75 Å². The van der Waals surface area contributed by atoms with E-state index in [2.05, 4.69) is 20.4 Å². The maximum absolute atomic E-state index is 12.5. The molecule has 6 nitrogen and oxygen atoms in total. The maximum atomic E-state index is 12.5. The topological polar surface area (TPSA) is 80.9 Å². The molecule has 0 saturated heterocycles. The molecule has 3 aromatic rings. The molecule has 2 heterocycles. The van der Waals surface area contributed by atoms with Gasteiger partial charge >= 0.3 is 0 Å². The van der Waals surface area contributed by atoms with Gasteiger partial charge in [0.1, 0.15) is 6.04 Å². The minimum Gasteiger partial charge on any atom is -0.343 e. The lowest BCUT2D eigenvalue weighted by Crippen LogP contribution is -2.33.